The molecule has 1 aromatic carbocycles. The fraction of sp³-hybridized carbons (Fsp3) is 0.438. The summed E-state index contributed by atoms with van der Waals surface area (Å²) in [6.45, 7) is 2.00. The lowest BCUT2D eigenvalue weighted by molar-refractivity contribution is 0.0905. The summed E-state index contributed by atoms with van der Waals surface area (Å²) in [5.41, 5.74) is 0.763. The molecule has 2 heterocycles. The van der Waals surface area contributed by atoms with Crippen molar-refractivity contribution in [1.29, 1.82) is 0 Å². The number of hydrogen-bond donors (Lipinski definition) is 3. The standard InChI is InChI=1S/C16H21N5O2/c22-14(12-5-2-1-3-6-12)10-18-16(23)15-19-11-21(20-15)13-7-4-8-17-9-13/h1-3,5-6,11,13-14,17,22H,4,7-10H2,(H,18,23)/t13-,14-/m0/s1. The molecule has 1 aliphatic heterocycles. The van der Waals surface area contributed by atoms with Gasteiger partial charge in [-0.2, -0.15) is 0 Å². The molecule has 3 rings (SSSR count). The van der Waals surface area contributed by atoms with E-state index in [4.69, 9.17) is 0 Å². The van der Waals surface area contributed by atoms with E-state index in [0.717, 1.165) is 31.5 Å². The van der Waals surface area contributed by atoms with Gasteiger partial charge in [-0.25, -0.2) is 9.67 Å². The van der Waals surface area contributed by atoms with Gasteiger partial charge in [0.1, 0.15) is 6.33 Å². The third-order valence-electron chi connectivity index (χ3n) is 4.00. The third-order valence-corrected chi connectivity index (χ3v) is 4.00. The van der Waals surface area contributed by atoms with E-state index in [0.29, 0.717) is 0 Å². The Balaban J connectivity index is 1.55. The van der Waals surface area contributed by atoms with Crippen LogP contribution in [0.4, 0.5) is 0 Å². The van der Waals surface area contributed by atoms with Gasteiger partial charge in [-0.05, 0) is 24.9 Å². The number of amides is 1. The second-order valence-electron chi connectivity index (χ2n) is 5.68. The van der Waals surface area contributed by atoms with Crippen LogP contribution in [-0.4, -0.2) is 45.4 Å². The number of nitrogens with zero attached hydrogens (tertiary/aromatic N) is 3. The number of piperidine rings is 1. The largest absolute Gasteiger partial charge is 0.387 e. The maximum absolute atomic E-state index is 12.1. The maximum atomic E-state index is 12.1. The van der Waals surface area contributed by atoms with Crippen molar-refractivity contribution in [1.82, 2.24) is 25.4 Å². The van der Waals surface area contributed by atoms with Gasteiger partial charge in [-0.15, -0.1) is 5.10 Å². The highest BCUT2D eigenvalue weighted by Gasteiger charge is 2.19. The average molecular weight is 315 g/mol. The summed E-state index contributed by atoms with van der Waals surface area (Å²) >= 11 is 0. The van der Waals surface area contributed by atoms with Crippen LogP contribution in [0.15, 0.2) is 36.7 Å². The smallest absolute Gasteiger partial charge is 0.291 e. The summed E-state index contributed by atoms with van der Waals surface area (Å²) in [6.07, 6.45) is 2.98. The molecule has 0 unspecified atom stereocenters. The van der Waals surface area contributed by atoms with Crippen molar-refractivity contribution in [3.63, 3.8) is 0 Å². The van der Waals surface area contributed by atoms with Crippen molar-refractivity contribution in [3.8, 4) is 0 Å². The predicted octanol–water partition coefficient (Wildman–Crippen LogP) is 0.666. The van der Waals surface area contributed by atoms with Gasteiger partial charge in [-0.1, -0.05) is 30.3 Å². The SMILES string of the molecule is O=C(NC[C@H](O)c1ccccc1)c1ncn([C@H]2CCCNC2)n1. The number of nitrogens with one attached hydrogen (secondary N) is 2. The van der Waals surface area contributed by atoms with Gasteiger partial charge in [0.25, 0.3) is 5.91 Å². The summed E-state index contributed by atoms with van der Waals surface area (Å²) in [6, 6.07) is 9.46. The molecule has 3 N–H and O–H groups in total. The fourth-order valence-electron chi connectivity index (χ4n) is 2.68. The van der Waals surface area contributed by atoms with Gasteiger partial charge in [0, 0.05) is 13.1 Å². The minimum atomic E-state index is -0.746. The van der Waals surface area contributed by atoms with Crippen LogP contribution in [0.25, 0.3) is 0 Å². The van der Waals surface area contributed by atoms with E-state index in [1.807, 2.05) is 30.3 Å². The van der Waals surface area contributed by atoms with E-state index in [1.165, 1.54) is 0 Å². The molecule has 0 radical (unpaired) electrons. The number of rotatable bonds is 5. The van der Waals surface area contributed by atoms with Gasteiger partial charge < -0.3 is 15.7 Å². The van der Waals surface area contributed by atoms with E-state index >= 15 is 0 Å². The van der Waals surface area contributed by atoms with Crippen LogP contribution in [0.1, 0.15) is 41.2 Å². The van der Waals surface area contributed by atoms with Crippen LogP contribution in [0, 0.1) is 0 Å². The molecule has 7 heteroatoms. The van der Waals surface area contributed by atoms with Gasteiger partial charge >= 0.3 is 0 Å². The maximum Gasteiger partial charge on any atom is 0.291 e. The number of benzene rings is 1. The topological polar surface area (TPSA) is 92.1 Å². The van der Waals surface area contributed by atoms with Crippen LogP contribution in [0.5, 0.6) is 0 Å². The zero-order chi connectivity index (χ0) is 16.1. The molecule has 1 fully saturated rings. The number of aromatic nitrogens is 3. The molecule has 2 aromatic rings. The van der Waals surface area contributed by atoms with E-state index in [1.54, 1.807) is 11.0 Å². The summed E-state index contributed by atoms with van der Waals surface area (Å²) < 4.78 is 1.74. The molecule has 1 aromatic heterocycles. The minimum Gasteiger partial charge on any atom is -0.387 e. The average Bonchev–Trinajstić information content (AvgIpc) is 3.11. The van der Waals surface area contributed by atoms with Crippen molar-refractivity contribution in [2.75, 3.05) is 19.6 Å². The first-order valence-electron chi connectivity index (χ1n) is 7.87. The van der Waals surface area contributed by atoms with Crippen molar-refractivity contribution in [2.24, 2.45) is 0 Å². The Labute approximate surface area is 134 Å². The number of carbonyl (C=O) groups excluding carboxylic acids is 1. The van der Waals surface area contributed by atoms with Crippen LogP contribution >= 0.6 is 0 Å². The minimum absolute atomic E-state index is 0.127. The van der Waals surface area contributed by atoms with Gasteiger partial charge in [0.15, 0.2) is 0 Å². The Kier molecular flexibility index (Phi) is 4.99. The lowest BCUT2D eigenvalue weighted by atomic mass is 10.1. The third kappa shape index (κ3) is 3.94. The first kappa shape index (κ1) is 15.6. The van der Waals surface area contributed by atoms with Crippen LogP contribution < -0.4 is 10.6 Å². The molecule has 122 valence electrons. The van der Waals surface area contributed by atoms with Crippen molar-refractivity contribution in [2.45, 2.75) is 25.0 Å². The molecular formula is C16H21N5O2. The number of aliphatic hydroxyl groups excluding tert-OH is 1. The van der Waals surface area contributed by atoms with Gasteiger partial charge in [0.2, 0.25) is 5.82 Å². The highest BCUT2D eigenvalue weighted by Crippen LogP contribution is 2.15. The Morgan fingerprint density at radius 2 is 2.26 bits per heavy atom. The first-order valence-corrected chi connectivity index (χ1v) is 7.87. The van der Waals surface area contributed by atoms with Crippen LogP contribution in [0.2, 0.25) is 0 Å². The van der Waals surface area contributed by atoms with E-state index in [9.17, 15) is 9.90 Å². The quantitative estimate of drug-likeness (QED) is 0.754. The Morgan fingerprint density at radius 3 is 3.00 bits per heavy atom. The van der Waals surface area contributed by atoms with Gasteiger partial charge in [-0.3, -0.25) is 4.79 Å². The van der Waals surface area contributed by atoms with Crippen molar-refractivity contribution in [3.05, 3.63) is 48.0 Å². The number of hydrogen-bond acceptors (Lipinski definition) is 5. The van der Waals surface area contributed by atoms with E-state index in [-0.39, 0.29) is 24.3 Å². The fourth-order valence-corrected chi connectivity index (χ4v) is 2.68. The molecule has 1 saturated heterocycles. The number of aliphatic hydroxyl groups is 1. The predicted molar refractivity (Wildman–Crippen MR) is 84.9 cm³/mol. The molecule has 1 aliphatic rings. The number of carbonyl (C=O) groups is 1. The van der Waals surface area contributed by atoms with Crippen LogP contribution in [0.3, 0.4) is 0 Å². The molecule has 0 bridgehead atoms. The molecule has 0 aliphatic carbocycles. The molecule has 23 heavy (non-hydrogen) atoms. The Hall–Kier alpha value is -2.25. The lowest BCUT2D eigenvalue weighted by Gasteiger charge is -2.22. The van der Waals surface area contributed by atoms with E-state index in [2.05, 4.69) is 20.7 Å². The Morgan fingerprint density at radius 1 is 1.43 bits per heavy atom. The molecule has 0 spiro atoms. The molecule has 2 atom stereocenters. The van der Waals surface area contributed by atoms with E-state index < -0.39 is 6.10 Å². The Bertz CT molecular complexity index is 637. The molecule has 0 saturated carbocycles. The van der Waals surface area contributed by atoms with Gasteiger partial charge in [0.05, 0.1) is 12.1 Å². The monoisotopic (exact) mass is 315 g/mol. The summed E-state index contributed by atoms with van der Waals surface area (Å²) in [5.74, 6) is -0.238. The molecule has 7 nitrogen and oxygen atoms in total. The lowest BCUT2D eigenvalue weighted by Crippen LogP contribution is -2.32. The van der Waals surface area contributed by atoms with Crippen molar-refractivity contribution < 1.29 is 9.90 Å². The van der Waals surface area contributed by atoms with Crippen LogP contribution in [-0.2, 0) is 0 Å². The second kappa shape index (κ2) is 7.34. The summed E-state index contributed by atoms with van der Waals surface area (Å²) in [7, 11) is 0. The zero-order valence-electron chi connectivity index (χ0n) is 12.9. The normalized spacial score (nSPS) is 19.3. The highest BCUT2D eigenvalue weighted by molar-refractivity contribution is 5.90. The first-order chi connectivity index (χ1) is 11.2. The zero-order valence-corrected chi connectivity index (χ0v) is 12.9. The molecular weight excluding hydrogens is 294 g/mol. The summed E-state index contributed by atoms with van der Waals surface area (Å²) in [5, 5.41) is 20.3. The van der Waals surface area contributed by atoms with Crippen molar-refractivity contribution >= 4 is 5.91 Å². The molecule has 1 amide bonds. The highest BCUT2D eigenvalue weighted by atomic mass is 16.3. The summed E-state index contributed by atoms with van der Waals surface area (Å²) in [4.78, 5) is 16.2. The second-order valence-corrected chi connectivity index (χ2v) is 5.68.